The van der Waals surface area contributed by atoms with E-state index < -0.39 is 0 Å². The molecule has 0 radical (unpaired) electrons. The van der Waals surface area contributed by atoms with E-state index in [9.17, 15) is 0 Å². The first-order chi connectivity index (χ1) is 7.72. The first-order valence-corrected chi connectivity index (χ1v) is 6.91. The molecule has 2 bridgehead atoms. The van der Waals surface area contributed by atoms with Gasteiger partial charge in [-0.1, -0.05) is 11.3 Å². The van der Waals surface area contributed by atoms with E-state index in [2.05, 4.69) is 22.3 Å². The monoisotopic (exact) mass is 238 g/mol. The lowest BCUT2D eigenvalue weighted by molar-refractivity contribution is 0.0659. The molecule has 3 rings (SSSR count). The molecule has 2 atom stereocenters. The molecule has 2 saturated heterocycles. The average molecular weight is 238 g/mol. The second-order valence-electron chi connectivity index (χ2n) is 5.02. The first kappa shape index (κ1) is 10.5. The Morgan fingerprint density at radius 2 is 2.06 bits per heavy atom. The van der Waals surface area contributed by atoms with Gasteiger partial charge in [0.2, 0.25) is 0 Å². The van der Waals surface area contributed by atoms with E-state index in [4.69, 9.17) is 4.74 Å². The number of ether oxygens (including phenoxy) is 1. The van der Waals surface area contributed by atoms with Crippen LogP contribution in [0, 0.1) is 6.92 Å². The van der Waals surface area contributed by atoms with Crippen LogP contribution in [0.3, 0.4) is 0 Å². The summed E-state index contributed by atoms with van der Waals surface area (Å²) in [5.74, 6) is 0. The number of hydrogen-bond acceptors (Lipinski definition) is 4. The molecule has 88 valence electrons. The molecule has 0 N–H and O–H groups in total. The summed E-state index contributed by atoms with van der Waals surface area (Å²) in [5, 5.41) is 2.91. The second kappa shape index (κ2) is 4.00. The van der Waals surface area contributed by atoms with Crippen molar-refractivity contribution in [3.8, 4) is 5.19 Å². The van der Waals surface area contributed by atoms with Crippen molar-refractivity contribution < 1.29 is 4.74 Å². The van der Waals surface area contributed by atoms with Gasteiger partial charge in [0.25, 0.3) is 5.19 Å². The van der Waals surface area contributed by atoms with Crippen molar-refractivity contribution in [1.82, 2.24) is 9.88 Å². The Kier molecular flexibility index (Phi) is 2.64. The molecule has 2 unspecified atom stereocenters. The van der Waals surface area contributed by atoms with Crippen LogP contribution in [0.25, 0.3) is 0 Å². The van der Waals surface area contributed by atoms with Crippen LogP contribution in [-0.4, -0.2) is 35.1 Å². The lowest BCUT2D eigenvalue weighted by Gasteiger charge is -2.35. The Labute approximate surface area is 100 Å². The molecule has 0 saturated carbocycles. The molecule has 3 heterocycles. The van der Waals surface area contributed by atoms with Gasteiger partial charge in [-0.3, -0.25) is 0 Å². The topological polar surface area (TPSA) is 25.4 Å². The van der Waals surface area contributed by atoms with Crippen LogP contribution in [0.1, 0.15) is 31.4 Å². The fourth-order valence-corrected chi connectivity index (χ4v) is 3.70. The van der Waals surface area contributed by atoms with E-state index >= 15 is 0 Å². The van der Waals surface area contributed by atoms with Crippen molar-refractivity contribution in [3.05, 3.63) is 11.1 Å². The number of aryl methyl sites for hydroxylation is 1. The van der Waals surface area contributed by atoms with Gasteiger partial charge in [-0.25, -0.2) is 4.98 Å². The van der Waals surface area contributed by atoms with Crippen LogP contribution in [0.2, 0.25) is 0 Å². The highest BCUT2D eigenvalue weighted by atomic mass is 32.1. The molecular formula is C12H18N2OS. The predicted octanol–water partition coefficient (Wildman–Crippen LogP) is 2.46. The van der Waals surface area contributed by atoms with Crippen LogP contribution < -0.4 is 4.74 Å². The van der Waals surface area contributed by atoms with E-state index in [-0.39, 0.29) is 0 Å². The second-order valence-corrected chi connectivity index (χ2v) is 5.84. The Bertz CT molecular complexity index is 365. The Hall–Kier alpha value is -0.610. The zero-order valence-electron chi connectivity index (χ0n) is 9.85. The Balaban J connectivity index is 1.65. The molecule has 2 aliphatic heterocycles. The van der Waals surface area contributed by atoms with Gasteiger partial charge in [-0.05, 0) is 39.7 Å². The number of rotatable bonds is 2. The van der Waals surface area contributed by atoms with Gasteiger partial charge in [0.1, 0.15) is 6.10 Å². The van der Waals surface area contributed by atoms with E-state index in [0.717, 1.165) is 23.0 Å². The number of piperidine rings is 1. The molecule has 0 spiro atoms. The standard InChI is InChI=1S/C12H18N2OS/c1-8-7-16-12(13-8)15-11-5-9-3-4-10(6-11)14(9)2/h7,9-11H,3-6H2,1-2H3. The molecule has 1 aromatic heterocycles. The summed E-state index contributed by atoms with van der Waals surface area (Å²) in [7, 11) is 2.26. The van der Waals surface area contributed by atoms with Gasteiger partial charge in [-0.15, -0.1) is 0 Å². The highest BCUT2D eigenvalue weighted by molar-refractivity contribution is 7.11. The van der Waals surface area contributed by atoms with Gasteiger partial charge >= 0.3 is 0 Å². The SMILES string of the molecule is Cc1csc(OC2CC3CCC(C2)N3C)n1. The molecular weight excluding hydrogens is 220 g/mol. The minimum absolute atomic E-state index is 0.388. The number of fused-ring (bicyclic) bond motifs is 2. The van der Waals surface area contributed by atoms with Crippen LogP contribution in [0.4, 0.5) is 0 Å². The lowest BCUT2D eigenvalue weighted by atomic mass is 10.0. The number of hydrogen-bond donors (Lipinski definition) is 0. The van der Waals surface area contributed by atoms with Gasteiger partial charge in [0, 0.05) is 17.5 Å². The molecule has 2 aliphatic rings. The van der Waals surface area contributed by atoms with Crippen LogP contribution in [0.15, 0.2) is 5.38 Å². The number of nitrogens with zero attached hydrogens (tertiary/aromatic N) is 2. The zero-order chi connectivity index (χ0) is 11.1. The van der Waals surface area contributed by atoms with Crippen LogP contribution >= 0.6 is 11.3 Å². The van der Waals surface area contributed by atoms with Crippen molar-refractivity contribution in [2.45, 2.75) is 50.8 Å². The number of thiazole rings is 1. The van der Waals surface area contributed by atoms with Gasteiger partial charge in [0.05, 0.1) is 5.69 Å². The Morgan fingerprint density at radius 3 is 2.62 bits per heavy atom. The summed E-state index contributed by atoms with van der Waals surface area (Å²) in [6.07, 6.45) is 5.42. The van der Waals surface area contributed by atoms with Crippen molar-refractivity contribution in [2.24, 2.45) is 0 Å². The van der Waals surface area contributed by atoms with Crippen LogP contribution in [-0.2, 0) is 0 Å². The summed E-state index contributed by atoms with van der Waals surface area (Å²) in [6, 6.07) is 1.48. The summed E-state index contributed by atoms with van der Waals surface area (Å²) in [5.41, 5.74) is 1.07. The third-order valence-corrected chi connectivity index (χ3v) is 4.77. The maximum atomic E-state index is 5.99. The van der Waals surface area contributed by atoms with Crippen molar-refractivity contribution in [1.29, 1.82) is 0 Å². The lowest BCUT2D eigenvalue weighted by Crippen LogP contribution is -2.43. The molecule has 3 nitrogen and oxygen atoms in total. The molecule has 0 aliphatic carbocycles. The molecule has 4 heteroatoms. The molecule has 2 fully saturated rings. The maximum Gasteiger partial charge on any atom is 0.273 e. The smallest absolute Gasteiger partial charge is 0.273 e. The predicted molar refractivity (Wildman–Crippen MR) is 65.1 cm³/mol. The summed E-state index contributed by atoms with van der Waals surface area (Å²) in [6.45, 7) is 2.02. The minimum atomic E-state index is 0.388. The summed E-state index contributed by atoms with van der Waals surface area (Å²) < 4.78 is 5.99. The third kappa shape index (κ3) is 1.84. The molecule has 0 amide bonds. The minimum Gasteiger partial charge on any atom is -0.467 e. The third-order valence-electron chi connectivity index (χ3n) is 3.92. The average Bonchev–Trinajstić information content (AvgIpc) is 2.72. The van der Waals surface area contributed by atoms with Gasteiger partial charge < -0.3 is 9.64 Å². The van der Waals surface area contributed by atoms with Crippen LogP contribution in [0.5, 0.6) is 5.19 Å². The van der Waals surface area contributed by atoms with Crippen molar-refractivity contribution >= 4 is 11.3 Å². The highest BCUT2D eigenvalue weighted by Crippen LogP contribution is 2.36. The first-order valence-electron chi connectivity index (χ1n) is 6.03. The largest absolute Gasteiger partial charge is 0.467 e. The highest BCUT2D eigenvalue weighted by Gasteiger charge is 2.39. The van der Waals surface area contributed by atoms with Crippen molar-refractivity contribution in [3.63, 3.8) is 0 Å². The summed E-state index contributed by atoms with van der Waals surface area (Å²) in [4.78, 5) is 6.91. The zero-order valence-corrected chi connectivity index (χ0v) is 10.7. The fourth-order valence-electron chi connectivity index (χ4n) is 2.99. The Morgan fingerprint density at radius 1 is 1.38 bits per heavy atom. The van der Waals surface area contributed by atoms with E-state index in [1.165, 1.54) is 25.7 Å². The summed E-state index contributed by atoms with van der Waals surface area (Å²) >= 11 is 1.62. The molecule has 0 aromatic carbocycles. The van der Waals surface area contributed by atoms with E-state index in [1.807, 2.05) is 6.92 Å². The molecule has 1 aromatic rings. The number of aromatic nitrogens is 1. The maximum absolute atomic E-state index is 5.99. The van der Waals surface area contributed by atoms with Crippen molar-refractivity contribution in [2.75, 3.05) is 7.05 Å². The quantitative estimate of drug-likeness (QED) is 0.791. The fraction of sp³-hybridized carbons (Fsp3) is 0.750. The van der Waals surface area contributed by atoms with Gasteiger partial charge in [0.15, 0.2) is 0 Å². The van der Waals surface area contributed by atoms with E-state index in [1.54, 1.807) is 11.3 Å². The van der Waals surface area contributed by atoms with Gasteiger partial charge in [-0.2, -0.15) is 0 Å². The van der Waals surface area contributed by atoms with E-state index in [0.29, 0.717) is 6.10 Å². The molecule has 16 heavy (non-hydrogen) atoms. The normalized spacial score (nSPS) is 34.2.